The molecule has 0 aliphatic heterocycles. The maximum Gasteiger partial charge on any atom is 0.0452 e. The first-order chi connectivity index (χ1) is 3.83. The van der Waals surface area contributed by atoms with Crippen LogP contribution < -0.4 is 0 Å². The maximum absolute atomic E-state index is 7.91. The molecule has 0 heterocycles. The summed E-state index contributed by atoms with van der Waals surface area (Å²) in [5.74, 6) is 0. The molecule has 0 atom stereocenters. The Morgan fingerprint density at radius 1 is 1.00 bits per heavy atom. The molecule has 9 heavy (non-hydrogen) atoms. The zero-order valence-electron chi connectivity index (χ0n) is 5.67. The molecule has 0 aliphatic carbocycles. The highest BCUT2D eigenvalue weighted by Crippen LogP contribution is 1.65. The molecule has 4 heteroatoms. The molecule has 0 aromatic heterocycles. The van der Waals surface area contributed by atoms with E-state index in [4.69, 9.17) is 15.3 Å². The SMILES string of the molecule is CCO.O.OCCCO. The van der Waals surface area contributed by atoms with Gasteiger partial charge in [0, 0.05) is 19.8 Å². The predicted octanol–water partition coefficient (Wildman–Crippen LogP) is -1.47. The van der Waals surface area contributed by atoms with Crippen LogP contribution in [0, 0.1) is 0 Å². The van der Waals surface area contributed by atoms with Gasteiger partial charge in [-0.15, -0.1) is 0 Å². The average Bonchev–Trinajstić information content (AvgIpc) is 1.71. The summed E-state index contributed by atoms with van der Waals surface area (Å²) < 4.78 is 0. The van der Waals surface area contributed by atoms with Crippen molar-refractivity contribution in [3.63, 3.8) is 0 Å². The second-order valence-electron chi connectivity index (χ2n) is 1.12. The quantitative estimate of drug-likeness (QED) is 0.437. The normalized spacial score (nSPS) is 6.67. The summed E-state index contributed by atoms with van der Waals surface area (Å²) >= 11 is 0. The Morgan fingerprint density at radius 2 is 1.22 bits per heavy atom. The monoisotopic (exact) mass is 140 g/mol. The van der Waals surface area contributed by atoms with Gasteiger partial charge in [0.15, 0.2) is 0 Å². The Morgan fingerprint density at radius 3 is 1.22 bits per heavy atom. The Bertz CT molecular complexity index is 22.9. The Kier molecular flexibility index (Phi) is 44.0. The van der Waals surface area contributed by atoms with Gasteiger partial charge < -0.3 is 20.8 Å². The smallest absolute Gasteiger partial charge is 0.0452 e. The third-order valence-electron chi connectivity index (χ3n) is 0.316. The van der Waals surface area contributed by atoms with Crippen LogP contribution in [0.15, 0.2) is 0 Å². The molecular weight excluding hydrogens is 124 g/mol. The zero-order valence-corrected chi connectivity index (χ0v) is 5.67. The van der Waals surface area contributed by atoms with Gasteiger partial charge in [-0.1, -0.05) is 0 Å². The Labute approximate surface area is 55.1 Å². The molecule has 0 unspecified atom stereocenters. The van der Waals surface area contributed by atoms with Crippen LogP contribution in [0.1, 0.15) is 13.3 Å². The molecule has 0 radical (unpaired) electrons. The van der Waals surface area contributed by atoms with Crippen molar-refractivity contribution in [3.8, 4) is 0 Å². The second kappa shape index (κ2) is 24.9. The van der Waals surface area contributed by atoms with Gasteiger partial charge in [-0.05, 0) is 13.3 Å². The van der Waals surface area contributed by atoms with Crippen LogP contribution in [0.25, 0.3) is 0 Å². The fourth-order valence-electron chi connectivity index (χ4n) is 0.0707. The fraction of sp³-hybridized carbons (Fsp3) is 1.00. The van der Waals surface area contributed by atoms with Gasteiger partial charge >= 0.3 is 0 Å². The highest BCUT2D eigenvalue weighted by Gasteiger charge is 1.70. The van der Waals surface area contributed by atoms with Crippen molar-refractivity contribution < 1.29 is 20.8 Å². The molecule has 4 nitrogen and oxygen atoms in total. The first kappa shape index (κ1) is 15.9. The summed E-state index contributed by atoms with van der Waals surface area (Å²) in [4.78, 5) is 0. The molecule has 5 N–H and O–H groups in total. The number of hydrogen-bond acceptors (Lipinski definition) is 3. The van der Waals surface area contributed by atoms with Gasteiger partial charge in [0.05, 0.1) is 0 Å². The standard InChI is InChI=1S/C3H8O2.C2H6O.H2O/c4-2-1-3-5;1-2-3;/h4-5H,1-3H2;3H,2H2,1H3;1H2. The lowest BCUT2D eigenvalue weighted by Gasteiger charge is -1.79. The van der Waals surface area contributed by atoms with E-state index in [-0.39, 0.29) is 25.3 Å². The minimum absolute atomic E-state index is 0. The molecule has 0 fully saturated rings. The maximum atomic E-state index is 7.91. The van der Waals surface area contributed by atoms with Crippen LogP contribution in [0.3, 0.4) is 0 Å². The van der Waals surface area contributed by atoms with Crippen molar-refractivity contribution in [2.24, 2.45) is 0 Å². The van der Waals surface area contributed by atoms with Gasteiger partial charge in [-0.2, -0.15) is 0 Å². The van der Waals surface area contributed by atoms with E-state index in [1.165, 1.54) is 0 Å². The molecule has 0 aliphatic rings. The molecule has 0 aromatic rings. The Hall–Kier alpha value is -0.160. The minimum atomic E-state index is 0. The summed E-state index contributed by atoms with van der Waals surface area (Å²) in [6.45, 7) is 2.12. The lowest BCUT2D eigenvalue weighted by atomic mass is 10.5. The van der Waals surface area contributed by atoms with Crippen molar-refractivity contribution in [2.45, 2.75) is 13.3 Å². The van der Waals surface area contributed by atoms with Crippen LogP contribution in [-0.4, -0.2) is 40.6 Å². The molecule has 0 amide bonds. The first-order valence-corrected chi connectivity index (χ1v) is 2.66. The van der Waals surface area contributed by atoms with Gasteiger partial charge in [0.1, 0.15) is 0 Å². The summed E-state index contributed by atoms with van der Waals surface area (Å²) in [6, 6.07) is 0. The summed E-state index contributed by atoms with van der Waals surface area (Å²) in [7, 11) is 0. The van der Waals surface area contributed by atoms with E-state index in [0.29, 0.717) is 6.42 Å². The highest BCUT2D eigenvalue weighted by molar-refractivity contribution is 4.22. The van der Waals surface area contributed by atoms with Crippen molar-refractivity contribution in [3.05, 3.63) is 0 Å². The van der Waals surface area contributed by atoms with E-state index in [9.17, 15) is 0 Å². The predicted molar refractivity (Wildman–Crippen MR) is 35.2 cm³/mol. The number of aliphatic hydroxyl groups is 3. The van der Waals surface area contributed by atoms with Crippen LogP contribution in [-0.2, 0) is 0 Å². The Balaban J connectivity index is -0.0000000800. The fourth-order valence-corrected chi connectivity index (χ4v) is 0.0707. The first-order valence-electron chi connectivity index (χ1n) is 2.66. The average molecular weight is 140 g/mol. The highest BCUT2D eigenvalue weighted by atomic mass is 16.3. The third-order valence-corrected chi connectivity index (χ3v) is 0.316. The van der Waals surface area contributed by atoms with Gasteiger partial charge in [0.2, 0.25) is 0 Å². The van der Waals surface area contributed by atoms with Gasteiger partial charge in [0.25, 0.3) is 0 Å². The molecule has 0 saturated carbocycles. The summed E-state index contributed by atoms with van der Waals surface area (Å²) in [6.07, 6.45) is 0.500. The van der Waals surface area contributed by atoms with Crippen molar-refractivity contribution in [1.29, 1.82) is 0 Å². The van der Waals surface area contributed by atoms with E-state index in [1.54, 1.807) is 6.92 Å². The van der Waals surface area contributed by atoms with E-state index in [2.05, 4.69) is 0 Å². The number of hydrogen-bond donors (Lipinski definition) is 3. The van der Waals surface area contributed by atoms with Crippen molar-refractivity contribution >= 4 is 0 Å². The topological polar surface area (TPSA) is 92.2 Å². The van der Waals surface area contributed by atoms with E-state index in [1.807, 2.05) is 0 Å². The van der Waals surface area contributed by atoms with Gasteiger partial charge in [-0.25, -0.2) is 0 Å². The molecular formula is C5H16O4. The van der Waals surface area contributed by atoms with Crippen LogP contribution in [0.5, 0.6) is 0 Å². The van der Waals surface area contributed by atoms with Crippen molar-refractivity contribution in [2.75, 3.05) is 19.8 Å². The number of aliphatic hydroxyl groups excluding tert-OH is 3. The molecule has 0 rings (SSSR count). The summed E-state index contributed by atoms with van der Waals surface area (Å²) in [5.41, 5.74) is 0. The van der Waals surface area contributed by atoms with Gasteiger partial charge in [-0.3, -0.25) is 0 Å². The lowest BCUT2D eigenvalue weighted by molar-refractivity contribution is 0.221. The molecule has 0 aromatic carbocycles. The van der Waals surface area contributed by atoms with E-state index < -0.39 is 0 Å². The van der Waals surface area contributed by atoms with Crippen molar-refractivity contribution in [1.82, 2.24) is 0 Å². The van der Waals surface area contributed by atoms with E-state index in [0.717, 1.165) is 0 Å². The zero-order chi connectivity index (χ0) is 6.83. The lowest BCUT2D eigenvalue weighted by Crippen LogP contribution is -1.85. The molecule has 60 valence electrons. The van der Waals surface area contributed by atoms with Crippen LogP contribution in [0.4, 0.5) is 0 Å². The molecule has 0 bridgehead atoms. The summed E-state index contributed by atoms with van der Waals surface area (Å²) in [5, 5.41) is 23.4. The van der Waals surface area contributed by atoms with E-state index >= 15 is 0 Å². The minimum Gasteiger partial charge on any atom is -0.412 e. The van der Waals surface area contributed by atoms with Crippen LogP contribution >= 0.6 is 0 Å². The largest absolute Gasteiger partial charge is 0.412 e. The second-order valence-corrected chi connectivity index (χ2v) is 1.12. The third kappa shape index (κ3) is 79.0. The van der Waals surface area contributed by atoms with Crippen LogP contribution in [0.2, 0.25) is 0 Å². The number of rotatable bonds is 2. The molecule has 0 spiro atoms. The molecule has 0 saturated heterocycles.